The van der Waals surface area contributed by atoms with Crippen molar-refractivity contribution in [3.05, 3.63) is 59.7 Å². The van der Waals surface area contributed by atoms with Gasteiger partial charge in [-0.1, -0.05) is 25.1 Å². The number of nitrogen functional groups attached to an aromatic ring is 1. The fourth-order valence-corrected chi connectivity index (χ4v) is 2.31. The van der Waals surface area contributed by atoms with Gasteiger partial charge in [0.25, 0.3) is 5.91 Å². The zero-order chi connectivity index (χ0) is 18.2. The van der Waals surface area contributed by atoms with Crippen LogP contribution in [0.3, 0.4) is 0 Å². The van der Waals surface area contributed by atoms with Crippen LogP contribution in [0.15, 0.2) is 48.5 Å². The highest BCUT2D eigenvalue weighted by atomic mass is 16.2. The third-order valence-electron chi connectivity index (χ3n) is 4.02. The van der Waals surface area contributed by atoms with Crippen molar-refractivity contribution >= 4 is 23.2 Å². The Morgan fingerprint density at radius 2 is 1.84 bits per heavy atom. The summed E-state index contributed by atoms with van der Waals surface area (Å²) in [7, 11) is 0. The van der Waals surface area contributed by atoms with Gasteiger partial charge in [0.05, 0.1) is 0 Å². The molecule has 0 saturated heterocycles. The predicted molar refractivity (Wildman–Crippen MR) is 101 cm³/mol. The number of hydrogen-bond donors (Lipinski definition) is 3. The molecule has 0 fully saturated rings. The lowest BCUT2D eigenvalue weighted by Gasteiger charge is -2.12. The van der Waals surface area contributed by atoms with Crippen molar-refractivity contribution in [2.75, 3.05) is 11.1 Å². The second-order valence-corrected chi connectivity index (χ2v) is 6.15. The Bertz CT molecular complexity index is 726. The Kier molecular flexibility index (Phi) is 6.57. The molecule has 0 aromatic heterocycles. The van der Waals surface area contributed by atoms with Gasteiger partial charge in [0.15, 0.2) is 0 Å². The first-order chi connectivity index (χ1) is 12.0. The predicted octanol–water partition coefficient (Wildman–Crippen LogP) is 3.37. The van der Waals surface area contributed by atoms with Gasteiger partial charge in [0.1, 0.15) is 0 Å². The van der Waals surface area contributed by atoms with Crippen molar-refractivity contribution in [2.45, 2.75) is 39.2 Å². The van der Waals surface area contributed by atoms with Gasteiger partial charge in [0, 0.05) is 29.4 Å². The Hall–Kier alpha value is -2.82. The zero-order valence-corrected chi connectivity index (χ0v) is 14.7. The third-order valence-corrected chi connectivity index (χ3v) is 4.02. The van der Waals surface area contributed by atoms with Gasteiger partial charge in [-0.15, -0.1) is 0 Å². The normalized spacial score (nSPS) is 11.6. The topological polar surface area (TPSA) is 84.2 Å². The fraction of sp³-hybridized carbons (Fsp3) is 0.300. The Morgan fingerprint density at radius 1 is 1.12 bits per heavy atom. The van der Waals surface area contributed by atoms with Crippen LogP contribution in [0.2, 0.25) is 0 Å². The number of carbonyl (C=O) groups is 2. The van der Waals surface area contributed by atoms with Gasteiger partial charge in [-0.05, 0) is 55.7 Å². The second kappa shape index (κ2) is 8.87. The number of nitrogens with one attached hydrogen (secondary N) is 2. The number of benzene rings is 2. The van der Waals surface area contributed by atoms with Crippen LogP contribution in [0.4, 0.5) is 11.4 Å². The first-order valence-electron chi connectivity index (χ1n) is 8.53. The van der Waals surface area contributed by atoms with E-state index in [-0.39, 0.29) is 17.9 Å². The van der Waals surface area contributed by atoms with Crippen LogP contribution in [0.25, 0.3) is 0 Å². The molecule has 0 aliphatic heterocycles. The summed E-state index contributed by atoms with van der Waals surface area (Å²) in [5.74, 6) is -0.219. The lowest BCUT2D eigenvalue weighted by molar-refractivity contribution is -0.116. The van der Waals surface area contributed by atoms with Gasteiger partial charge in [0.2, 0.25) is 5.91 Å². The van der Waals surface area contributed by atoms with E-state index in [9.17, 15) is 9.59 Å². The molecule has 0 aliphatic rings. The third kappa shape index (κ3) is 5.95. The molecule has 0 radical (unpaired) electrons. The largest absolute Gasteiger partial charge is 0.399 e. The highest BCUT2D eigenvalue weighted by Crippen LogP contribution is 2.13. The molecule has 0 bridgehead atoms. The summed E-state index contributed by atoms with van der Waals surface area (Å²) in [6.07, 6.45) is 1.88. The van der Waals surface area contributed by atoms with Gasteiger partial charge in [-0.2, -0.15) is 0 Å². The molecule has 0 spiro atoms. The molecule has 0 heterocycles. The van der Waals surface area contributed by atoms with E-state index in [2.05, 4.69) is 10.6 Å². The minimum atomic E-state index is -0.132. The molecule has 25 heavy (non-hydrogen) atoms. The van der Waals surface area contributed by atoms with Gasteiger partial charge in [-0.25, -0.2) is 0 Å². The average Bonchev–Trinajstić information content (AvgIpc) is 2.61. The molecule has 0 aliphatic carbocycles. The number of anilines is 2. The fourth-order valence-electron chi connectivity index (χ4n) is 2.31. The first kappa shape index (κ1) is 18.5. The number of aryl methyl sites for hydroxylation is 1. The highest BCUT2D eigenvalue weighted by molar-refractivity contribution is 5.97. The molecule has 2 aromatic carbocycles. The molecule has 5 nitrogen and oxygen atoms in total. The molecule has 2 aromatic rings. The summed E-state index contributed by atoms with van der Waals surface area (Å²) in [5, 5.41) is 5.76. The monoisotopic (exact) mass is 339 g/mol. The van der Waals surface area contributed by atoms with Crippen molar-refractivity contribution in [3.63, 3.8) is 0 Å². The van der Waals surface area contributed by atoms with E-state index >= 15 is 0 Å². The minimum Gasteiger partial charge on any atom is -0.399 e. The molecular formula is C20H25N3O2. The van der Waals surface area contributed by atoms with Crippen molar-refractivity contribution < 1.29 is 9.59 Å². The maximum Gasteiger partial charge on any atom is 0.251 e. The van der Waals surface area contributed by atoms with Crippen molar-refractivity contribution in [1.29, 1.82) is 0 Å². The standard InChI is InChI=1S/C20H25N3O2/c1-3-14(2)22-20(25)16-5-4-6-18(13-16)23-19(24)12-9-15-7-10-17(21)11-8-15/h4-8,10-11,13-14H,3,9,12,21H2,1-2H3,(H,22,25)(H,23,24). The number of rotatable bonds is 7. The number of nitrogens with two attached hydrogens (primary N) is 1. The Labute approximate surface area is 148 Å². The lowest BCUT2D eigenvalue weighted by atomic mass is 10.1. The lowest BCUT2D eigenvalue weighted by Crippen LogP contribution is -2.31. The summed E-state index contributed by atoms with van der Waals surface area (Å²) >= 11 is 0. The van der Waals surface area contributed by atoms with E-state index in [0.29, 0.717) is 29.8 Å². The maximum atomic E-state index is 12.2. The Balaban J connectivity index is 1.91. The van der Waals surface area contributed by atoms with E-state index in [1.165, 1.54) is 0 Å². The van der Waals surface area contributed by atoms with Gasteiger partial charge in [-0.3, -0.25) is 9.59 Å². The highest BCUT2D eigenvalue weighted by Gasteiger charge is 2.10. The average molecular weight is 339 g/mol. The molecule has 1 unspecified atom stereocenters. The maximum absolute atomic E-state index is 12.2. The molecule has 4 N–H and O–H groups in total. The van der Waals surface area contributed by atoms with Gasteiger partial charge < -0.3 is 16.4 Å². The minimum absolute atomic E-state index is 0.0868. The summed E-state index contributed by atoms with van der Waals surface area (Å²) in [5.41, 5.74) is 8.58. The quantitative estimate of drug-likeness (QED) is 0.676. The van der Waals surface area contributed by atoms with Crippen molar-refractivity contribution in [3.8, 4) is 0 Å². The number of hydrogen-bond acceptors (Lipinski definition) is 3. The van der Waals surface area contributed by atoms with E-state index in [0.717, 1.165) is 12.0 Å². The molecule has 1 atom stereocenters. The summed E-state index contributed by atoms with van der Waals surface area (Å²) in [6, 6.07) is 14.6. The molecule has 2 amide bonds. The second-order valence-electron chi connectivity index (χ2n) is 6.15. The van der Waals surface area contributed by atoms with E-state index in [1.807, 2.05) is 38.1 Å². The van der Waals surface area contributed by atoms with E-state index in [1.54, 1.807) is 24.3 Å². The molecule has 132 valence electrons. The van der Waals surface area contributed by atoms with Gasteiger partial charge >= 0.3 is 0 Å². The SMILES string of the molecule is CCC(C)NC(=O)c1cccc(NC(=O)CCc2ccc(N)cc2)c1. The van der Waals surface area contributed by atoms with Crippen LogP contribution >= 0.6 is 0 Å². The van der Waals surface area contributed by atoms with Crippen molar-refractivity contribution in [1.82, 2.24) is 5.32 Å². The van der Waals surface area contributed by atoms with Crippen LogP contribution in [0, 0.1) is 0 Å². The van der Waals surface area contributed by atoms with E-state index in [4.69, 9.17) is 5.73 Å². The zero-order valence-electron chi connectivity index (χ0n) is 14.7. The number of carbonyl (C=O) groups excluding carboxylic acids is 2. The van der Waals surface area contributed by atoms with Crippen LogP contribution in [0.1, 0.15) is 42.6 Å². The van der Waals surface area contributed by atoms with E-state index < -0.39 is 0 Å². The molecule has 5 heteroatoms. The van der Waals surface area contributed by atoms with Crippen LogP contribution in [-0.2, 0) is 11.2 Å². The summed E-state index contributed by atoms with van der Waals surface area (Å²) < 4.78 is 0. The summed E-state index contributed by atoms with van der Waals surface area (Å²) in [6.45, 7) is 3.98. The molecule has 2 rings (SSSR count). The Morgan fingerprint density at radius 3 is 2.52 bits per heavy atom. The van der Waals surface area contributed by atoms with Crippen molar-refractivity contribution in [2.24, 2.45) is 0 Å². The van der Waals surface area contributed by atoms with Crippen LogP contribution in [-0.4, -0.2) is 17.9 Å². The number of amides is 2. The van der Waals surface area contributed by atoms with Crippen LogP contribution in [0.5, 0.6) is 0 Å². The van der Waals surface area contributed by atoms with Crippen LogP contribution < -0.4 is 16.4 Å². The molecule has 0 saturated carbocycles. The smallest absolute Gasteiger partial charge is 0.251 e. The first-order valence-corrected chi connectivity index (χ1v) is 8.53. The summed E-state index contributed by atoms with van der Waals surface area (Å²) in [4.78, 5) is 24.3. The molecular weight excluding hydrogens is 314 g/mol.